The monoisotopic (exact) mass is 359 g/mol. The maximum atomic E-state index is 12.1. The zero-order chi connectivity index (χ0) is 18.9. The van der Waals surface area contributed by atoms with E-state index in [-0.39, 0.29) is 12.5 Å². The first-order valence-corrected chi connectivity index (χ1v) is 8.71. The molecular weight excluding hydrogens is 338 g/mol. The molecule has 1 aromatic heterocycles. The molecule has 2 aromatic carbocycles. The number of benzene rings is 2. The van der Waals surface area contributed by atoms with E-state index in [0.717, 1.165) is 12.0 Å². The van der Waals surface area contributed by atoms with Gasteiger partial charge in [-0.1, -0.05) is 54.6 Å². The van der Waals surface area contributed by atoms with Crippen molar-refractivity contribution >= 4 is 11.6 Å². The predicted octanol–water partition coefficient (Wildman–Crippen LogP) is 3.59. The summed E-state index contributed by atoms with van der Waals surface area (Å²) in [6, 6.07) is 23.4. The van der Waals surface area contributed by atoms with Gasteiger partial charge in [0.15, 0.2) is 6.61 Å². The highest BCUT2D eigenvalue weighted by atomic mass is 16.5. The van der Waals surface area contributed by atoms with Crippen LogP contribution in [0.4, 0.5) is 0 Å². The lowest BCUT2D eigenvalue weighted by Gasteiger charge is -2.11. The van der Waals surface area contributed by atoms with Gasteiger partial charge >= 0.3 is 0 Å². The lowest BCUT2D eigenvalue weighted by molar-refractivity contribution is -0.123. The third-order valence-electron chi connectivity index (χ3n) is 3.95. The Morgan fingerprint density at radius 2 is 1.74 bits per heavy atom. The summed E-state index contributed by atoms with van der Waals surface area (Å²) in [5, 5.41) is 4.07. The van der Waals surface area contributed by atoms with Gasteiger partial charge in [0, 0.05) is 12.6 Å². The van der Waals surface area contributed by atoms with E-state index in [9.17, 15) is 4.79 Å². The summed E-state index contributed by atoms with van der Waals surface area (Å²) in [5.41, 5.74) is 6.07. The lowest BCUT2D eigenvalue weighted by Crippen LogP contribution is -2.26. The summed E-state index contributed by atoms with van der Waals surface area (Å²) in [5.74, 6) is 0.377. The Hall–Kier alpha value is -3.47. The fraction of sp³-hybridized carbons (Fsp3) is 0.136. The fourth-order valence-electron chi connectivity index (χ4n) is 2.56. The molecule has 1 heterocycles. The molecule has 0 atom stereocenters. The number of hydrazone groups is 1. The summed E-state index contributed by atoms with van der Waals surface area (Å²) in [7, 11) is 0. The van der Waals surface area contributed by atoms with Crippen LogP contribution in [-0.4, -0.2) is 23.2 Å². The zero-order valence-corrected chi connectivity index (χ0v) is 15.1. The Balaban J connectivity index is 1.58. The maximum absolute atomic E-state index is 12.1. The smallest absolute Gasteiger partial charge is 0.277 e. The van der Waals surface area contributed by atoms with Crippen LogP contribution in [0.2, 0.25) is 0 Å². The number of nitrogens with one attached hydrogen (secondary N) is 1. The first-order valence-electron chi connectivity index (χ1n) is 8.71. The summed E-state index contributed by atoms with van der Waals surface area (Å²) in [4.78, 5) is 16.2. The number of amides is 1. The fourth-order valence-corrected chi connectivity index (χ4v) is 2.56. The predicted molar refractivity (Wildman–Crippen MR) is 106 cm³/mol. The molecule has 0 saturated carbocycles. The Morgan fingerprint density at radius 3 is 2.52 bits per heavy atom. The zero-order valence-electron chi connectivity index (χ0n) is 15.1. The topological polar surface area (TPSA) is 63.6 Å². The molecule has 0 unspecified atom stereocenters. The molecule has 1 N–H and O–H groups in total. The Kier molecular flexibility index (Phi) is 6.30. The number of carbonyl (C=O) groups excluding carboxylic acids is 1. The van der Waals surface area contributed by atoms with Crippen molar-refractivity contribution in [2.24, 2.45) is 5.10 Å². The van der Waals surface area contributed by atoms with Crippen molar-refractivity contribution in [1.82, 2.24) is 10.4 Å². The third-order valence-corrected chi connectivity index (χ3v) is 3.95. The minimum absolute atomic E-state index is 0.106. The van der Waals surface area contributed by atoms with E-state index in [1.807, 2.05) is 60.7 Å². The van der Waals surface area contributed by atoms with Crippen LogP contribution >= 0.6 is 0 Å². The van der Waals surface area contributed by atoms with Gasteiger partial charge in [0.1, 0.15) is 5.75 Å². The molecule has 0 fully saturated rings. The Labute approximate surface area is 158 Å². The second-order valence-electron chi connectivity index (χ2n) is 6.01. The van der Waals surface area contributed by atoms with Crippen LogP contribution in [-0.2, 0) is 11.2 Å². The van der Waals surface area contributed by atoms with E-state index in [1.54, 1.807) is 13.1 Å². The van der Waals surface area contributed by atoms with E-state index in [4.69, 9.17) is 4.74 Å². The molecule has 0 aliphatic heterocycles. The molecule has 0 aliphatic rings. The number of aromatic nitrogens is 1. The van der Waals surface area contributed by atoms with Gasteiger partial charge in [-0.05, 0) is 36.2 Å². The molecular formula is C22H21N3O2. The minimum Gasteiger partial charge on any atom is -0.483 e. The molecule has 5 nitrogen and oxygen atoms in total. The highest BCUT2D eigenvalue weighted by Gasteiger charge is 2.07. The summed E-state index contributed by atoms with van der Waals surface area (Å²) in [6.07, 6.45) is 2.43. The first-order chi connectivity index (χ1) is 13.2. The Morgan fingerprint density at radius 1 is 1.00 bits per heavy atom. The number of ether oxygens (including phenoxy) is 1. The molecule has 0 bridgehead atoms. The average molecular weight is 359 g/mol. The van der Waals surface area contributed by atoms with Gasteiger partial charge in [0.2, 0.25) is 0 Å². The second-order valence-corrected chi connectivity index (χ2v) is 6.01. The molecule has 0 aliphatic carbocycles. The van der Waals surface area contributed by atoms with Crippen molar-refractivity contribution in [2.45, 2.75) is 13.3 Å². The van der Waals surface area contributed by atoms with E-state index in [2.05, 4.69) is 27.6 Å². The number of nitrogens with zero attached hydrogens (tertiary/aromatic N) is 2. The number of carbonyl (C=O) groups is 1. The Bertz CT molecular complexity index is 909. The van der Waals surface area contributed by atoms with Crippen molar-refractivity contribution in [3.05, 3.63) is 95.8 Å². The van der Waals surface area contributed by atoms with Crippen molar-refractivity contribution in [3.63, 3.8) is 0 Å². The van der Waals surface area contributed by atoms with Gasteiger partial charge < -0.3 is 4.74 Å². The van der Waals surface area contributed by atoms with E-state index in [0.29, 0.717) is 17.2 Å². The number of hydrogen-bond donors (Lipinski definition) is 1. The second kappa shape index (κ2) is 9.29. The van der Waals surface area contributed by atoms with Gasteiger partial charge in [-0.3, -0.25) is 9.78 Å². The van der Waals surface area contributed by atoms with Crippen LogP contribution < -0.4 is 10.2 Å². The number of pyridine rings is 1. The van der Waals surface area contributed by atoms with Gasteiger partial charge in [-0.2, -0.15) is 5.10 Å². The molecule has 3 aromatic rings. The lowest BCUT2D eigenvalue weighted by atomic mass is 10.0. The summed E-state index contributed by atoms with van der Waals surface area (Å²) in [6.45, 7) is 1.68. The van der Waals surface area contributed by atoms with E-state index in [1.165, 1.54) is 5.56 Å². The number of rotatable bonds is 7. The third kappa shape index (κ3) is 5.51. The quantitative estimate of drug-likeness (QED) is 0.518. The van der Waals surface area contributed by atoms with Crippen LogP contribution in [0.25, 0.3) is 0 Å². The summed E-state index contributed by atoms with van der Waals surface area (Å²) < 4.78 is 5.71. The molecule has 3 rings (SSSR count). The van der Waals surface area contributed by atoms with Crippen LogP contribution in [0, 0.1) is 0 Å². The normalized spacial score (nSPS) is 11.1. The molecule has 136 valence electrons. The molecule has 0 spiro atoms. The van der Waals surface area contributed by atoms with Crippen LogP contribution in [0.3, 0.4) is 0 Å². The van der Waals surface area contributed by atoms with Crippen LogP contribution in [0.5, 0.6) is 5.75 Å². The van der Waals surface area contributed by atoms with Crippen LogP contribution in [0.15, 0.2) is 84.1 Å². The van der Waals surface area contributed by atoms with E-state index < -0.39 is 0 Å². The van der Waals surface area contributed by atoms with Crippen molar-refractivity contribution in [2.75, 3.05) is 6.61 Å². The van der Waals surface area contributed by atoms with Crippen LogP contribution in [0.1, 0.15) is 23.7 Å². The number of hydrogen-bond acceptors (Lipinski definition) is 4. The molecule has 0 saturated heterocycles. The highest BCUT2D eigenvalue weighted by molar-refractivity contribution is 5.97. The van der Waals surface area contributed by atoms with Crippen molar-refractivity contribution < 1.29 is 9.53 Å². The maximum Gasteiger partial charge on any atom is 0.277 e. The van der Waals surface area contributed by atoms with Crippen molar-refractivity contribution in [3.8, 4) is 5.75 Å². The first kappa shape index (κ1) is 18.3. The SMILES string of the molecule is C/C(=N/NC(=O)COc1ccccc1Cc1ccccc1)c1ccccn1. The number of para-hydroxylation sites is 1. The summed E-state index contributed by atoms with van der Waals surface area (Å²) >= 11 is 0. The van der Waals surface area contributed by atoms with Gasteiger partial charge in [0.05, 0.1) is 11.4 Å². The molecule has 0 radical (unpaired) electrons. The van der Waals surface area contributed by atoms with E-state index >= 15 is 0 Å². The van der Waals surface area contributed by atoms with Crippen molar-refractivity contribution in [1.29, 1.82) is 0 Å². The van der Waals surface area contributed by atoms with Gasteiger partial charge in [-0.25, -0.2) is 5.43 Å². The molecule has 5 heteroatoms. The highest BCUT2D eigenvalue weighted by Crippen LogP contribution is 2.21. The average Bonchev–Trinajstić information content (AvgIpc) is 2.73. The standard InChI is InChI=1S/C22H21N3O2/c1-17(20-12-7-8-14-23-20)24-25-22(26)16-27-21-13-6-5-11-19(21)15-18-9-3-2-4-10-18/h2-14H,15-16H2,1H3,(H,25,26)/b24-17-. The van der Waals surface area contributed by atoms with Gasteiger partial charge in [0.25, 0.3) is 5.91 Å². The van der Waals surface area contributed by atoms with Gasteiger partial charge in [-0.15, -0.1) is 0 Å². The minimum atomic E-state index is -0.320. The molecule has 1 amide bonds. The largest absolute Gasteiger partial charge is 0.483 e. The molecule has 27 heavy (non-hydrogen) atoms.